The molecule has 3 rings (SSSR count). The average molecular weight is 383 g/mol. The highest BCUT2D eigenvalue weighted by molar-refractivity contribution is 7.99. The fourth-order valence-corrected chi connectivity index (χ4v) is 2.98. The first kappa shape index (κ1) is 19.0. The smallest absolute Gasteiger partial charge is 0.277 e. The summed E-state index contributed by atoms with van der Waals surface area (Å²) in [6.45, 7) is 6.18. The van der Waals surface area contributed by atoms with Gasteiger partial charge in [-0.3, -0.25) is 4.79 Å². The fraction of sp³-hybridized carbons (Fsp3) is 0.250. The van der Waals surface area contributed by atoms with E-state index in [-0.39, 0.29) is 18.3 Å². The van der Waals surface area contributed by atoms with Crippen LogP contribution in [0, 0.1) is 20.8 Å². The van der Waals surface area contributed by atoms with E-state index in [0.717, 1.165) is 28.1 Å². The van der Waals surface area contributed by atoms with Crippen molar-refractivity contribution in [3.63, 3.8) is 0 Å². The summed E-state index contributed by atoms with van der Waals surface area (Å²) in [5.74, 6) is 1.23. The molecule has 0 spiro atoms. The summed E-state index contributed by atoms with van der Waals surface area (Å²) in [4.78, 5) is 12.1. The summed E-state index contributed by atoms with van der Waals surface area (Å²) in [6, 6.07) is 13.5. The Hall–Kier alpha value is -2.80. The lowest BCUT2D eigenvalue weighted by Gasteiger charge is -2.08. The zero-order valence-electron chi connectivity index (χ0n) is 15.5. The second-order valence-corrected chi connectivity index (χ2v) is 7.03. The van der Waals surface area contributed by atoms with E-state index in [9.17, 15) is 4.79 Å². The van der Waals surface area contributed by atoms with Crippen molar-refractivity contribution in [1.29, 1.82) is 0 Å². The van der Waals surface area contributed by atoms with E-state index >= 15 is 0 Å². The largest absolute Gasteiger partial charge is 0.484 e. The van der Waals surface area contributed by atoms with Gasteiger partial charge in [0, 0.05) is 5.69 Å². The Kier molecular flexibility index (Phi) is 6.13. The lowest BCUT2D eigenvalue weighted by atomic mass is 10.1. The van der Waals surface area contributed by atoms with Gasteiger partial charge in [-0.25, -0.2) is 0 Å². The Morgan fingerprint density at radius 3 is 2.67 bits per heavy atom. The molecule has 2 aromatic carbocycles. The van der Waals surface area contributed by atoms with Crippen LogP contribution in [0.5, 0.6) is 5.75 Å². The number of thioether (sulfide) groups is 1. The maximum Gasteiger partial charge on any atom is 0.277 e. The number of rotatable bonds is 7. The SMILES string of the molecule is Cc1ccccc1NC(=O)CSc1nnc(COc2cccc(C)c2C)o1. The Balaban J connectivity index is 1.50. The van der Waals surface area contributed by atoms with Crippen LogP contribution in [0.2, 0.25) is 0 Å². The van der Waals surface area contributed by atoms with E-state index in [1.54, 1.807) is 0 Å². The van der Waals surface area contributed by atoms with Crippen LogP contribution in [-0.2, 0) is 11.4 Å². The molecule has 1 amide bonds. The quantitative estimate of drug-likeness (QED) is 0.613. The monoisotopic (exact) mass is 383 g/mol. The van der Waals surface area contributed by atoms with Gasteiger partial charge in [0.2, 0.25) is 5.91 Å². The number of aryl methyl sites for hydroxylation is 2. The third-order valence-electron chi connectivity index (χ3n) is 4.10. The first-order valence-corrected chi connectivity index (χ1v) is 9.51. The van der Waals surface area contributed by atoms with Crippen LogP contribution >= 0.6 is 11.8 Å². The number of aromatic nitrogens is 2. The molecule has 3 aromatic rings. The van der Waals surface area contributed by atoms with Crippen LogP contribution in [0.25, 0.3) is 0 Å². The number of nitrogens with zero attached hydrogens (tertiary/aromatic N) is 2. The highest BCUT2D eigenvalue weighted by atomic mass is 32.2. The number of hydrogen-bond donors (Lipinski definition) is 1. The Bertz CT molecular complexity index is 940. The van der Waals surface area contributed by atoms with Crippen molar-refractivity contribution >= 4 is 23.4 Å². The van der Waals surface area contributed by atoms with Gasteiger partial charge in [-0.05, 0) is 49.6 Å². The number of amides is 1. The van der Waals surface area contributed by atoms with Gasteiger partial charge in [0.1, 0.15) is 5.75 Å². The third-order valence-corrected chi connectivity index (χ3v) is 4.92. The second-order valence-electron chi connectivity index (χ2n) is 6.10. The van der Waals surface area contributed by atoms with E-state index in [2.05, 4.69) is 15.5 Å². The minimum Gasteiger partial charge on any atom is -0.484 e. The standard InChI is InChI=1S/C20H21N3O3S/c1-13-8-6-10-17(15(13)3)25-11-19-22-23-20(26-19)27-12-18(24)21-16-9-5-4-7-14(16)2/h4-10H,11-12H2,1-3H3,(H,21,24). The molecule has 0 aliphatic heterocycles. The van der Waals surface area contributed by atoms with E-state index in [4.69, 9.17) is 9.15 Å². The molecule has 1 aromatic heterocycles. The lowest BCUT2D eigenvalue weighted by molar-refractivity contribution is -0.113. The van der Waals surface area contributed by atoms with Gasteiger partial charge in [0.25, 0.3) is 11.1 Å². The molecule has 0 atom stereocenters. The zero-order chi connectivity index (χ0) is 19.2. The molecule has 1 N–H and O–H groups in total. The normalized spacial score (nSPS) is 10.6. The molecule has 0 aliphatic rings. The molecule has 0 unspecified atom stereocenters. The lowest BCUT2D eigenvalue weighted by Crippen LogP contribution is -2.14. The minimum absolute atomic E-state index is 0.124. The summed E-state index contributed by atoms with van der Waals surface area (Å²) < 4.78 is 11.3. The maximum atomic E-state index is 12.1. The Morgan fingerprint density at radius 1 is 1.07 bits per heavy atom. The summed E-state index contributed by atoms with van der Waals surface area (Å²) >= 11 is 1.19. The van der Waals surface area contributed by atoms with Gasteiger partial charge >= 0.3 is 0 Å². The highest BCUT2D eigenvalue weighted by Gasteiger charge is 2.12. The molecule has 0 aliphatic carbocycles. The predicted molar refractivity (Wildman–Crippen MR) is 105 cm³/mol. The van der Waals surface area contributed by atoms with E-state index in [0.29, 0.717) is 11.1 Å². The van der Waals surface area contributed by atoms with Gasteiger partial charge in [-0.15, -0.1) is 10.2 Å². The molecular weight excluding hydrogens is 362 g/mol. The topological polar surface area (TPSA) is 77.2 Å². The molecule has 0 bridgehead atoms. The molecule has 6 nitrogen and oxygen atoms in total. The van der Waals surface area contributed by atoms with Gasteiger partial charge in [0.05, 0.1) is 5.75 Å². The molecule has 1 heterocycles. The number of nitrogens with one attached hydrogen (secondary N) is 1. The molecule has 0 fully saturated rings. The van der Waals surface area contributed by atoms with Crippen molar-refractivity contribution in [3.8, 4) is 5.75 Å². The molecule has 140 valence electrons. The Labute approximate surface area is 162 Å². The number of para-hydroxylation sites is 1. The molecule has 0 saturated carbocycles. The van der Waals surface area contributed by atoms with Crippen LogP contribution in [0.3, 0.4) is 0 Å². The minimum atomic E-state index is -0.124. The summed E-state index contributed by atoms with van der Waals surface area (Å²) in [6.07, 6.45) is 0. The van der Waals surface area contributed by atoms with Crippen molar-refractivity contribution < 1.29 is 13.9 Å². The number of hydrogen-bond acceptors (Lipinski definition) is 6. The predicted octanol–water partition coefficient (Wildman–Crippen LogP) is 4.30. The first-order valence-electron chi connectivity index (χ1n) is 8.52. The third kappa shape index (κ3) is 5.10. The van der Waals surface area contributed by atoms with Crippen LogP contribution < -0.4 is 10.1 Å². The molecule has 0 radical (unpaired) electrons. The van der Waals surface area contributed by atoms with Crippen LogP contribution in [0.15, 0.2) is 52.1 Å². The molecule has 0 saturated heterocycles. The highest BCUT2D eigenvalue weighted by Crippen LogP contribution is 2.22. The molecule has 7 heteroatoms. The summed E-state index contributed by atoms with van der Waals surface area (Å²) in [5.41, 5.74) is 4.06. The van der Waals surface area contributed by atoms with Gasteiger partial charge in [0.15, 0.2) is 6.61 Å². The van der Waals surface area contributed by atoms with Gasteiger partial charge < -0.3 is 14.5 Å². The van der Waals surface area contributed by atoms with Crippen molar-refractivity contribution in [1.82, 2.24) is 10.2 Å². The molecular formula is C20H21N3O3S. The van der Waals surface area contributed by atoms with Crippen molar-refractivity contribution in [2.45, 2.75) is 32.6 Å². The van der Waals surface area contributed by atoms with E-state index in [1.807, 2.05) is 63.2 Å². The van der Waals surface area contributed by atoms with E-state index < -0.39 is 0 Å². The van der Waals surface area contributed by atoms with E-state index in [1.165, 1.54) is 11.8 Å². The fourth-order valence-electron chi connectivity index (χ4n) is 2.40. The van der Waals surface area contributed by atoms with Gasteiger partial charge in [-0.2, -0.15) is 0 Å². The van der Waals surface area contributed by atoms with Crippen LogP contribution in [0.4, 0.5) is 5.69 Å². The van der Waals surface area contributed by atoms with Crippen molar-refractivity contribution in [3.05, 3.63) is 65.0 Å². The summed E-state index contributed by atoms with van der Waals surface area (Å²) in [7, 11) is 0. The second kappa shape index (κ2) is 8.73. The van der Waals surface area contributed by atoms with Crippen LogP contribution in [-0.4, -0.2) is 21.9 Å². The molecule has 27 heavy (non-hydrogen) atoms. The number of ether oxygens (including phenoxy) is 1. The number of anilines is 1. The summed E-state index contributed by atoms with van der Waals surface area (Å²) in [5, 5.41) is 11.1. The van der Waals surface area contributed by atoms with Crippen LogP contribution in [0.1, 0.15) is 22.6 Å². The average Bonchev–Trinajstić information content (AvgIpc) is 3.11. The van der Waals surface area contributed by atoms with Crippen molar-refractivity contribution in [2.75, 3.05) is 11.1 Å². The van der Waals surface area contributed by atoms with Gasteiger partial charge in [-0.1, -0.05) is 42.1 Å². The number of benzene rings is 2. The number of carbonyl (C=O) groups is 1. The zero-order valence-corrected chi connectivity index (χ0v) is 16.3. The Morgan fingerprint density at radius 2 is 1.85 bits per heavy atom. The first-order chi connectivity index (χ1) is 13.0. The van der Waals surface area contributed by atoms with Crippen molar-refractivity contribution in [2.24, 2.45) is 0 Å². The number of carbonyl (C=O) groups excluding carboxylic acids is 1. The maximum absolute atomic E-state index is 12.1.